The molecule has 0 saturated heterocycles. The van der Waals surface area contributed by atoms with Crippen molar-refractivity contribution >= 4 is 58.6 Å². The van der Waals surface area contributed by atoms with E-state index in [0.29, 0.717) is 21.2 Å². The number of hydrogen-bond acceptors (Lipinski definition) is 14. The number of methoxy groups -OCH3 is 4. The highest BCUT2D eigenvalue weighted by Crippen LogP contribution is 2.23. The number of carbonyl (C=O) groups excluding carboxylic acids is 6. The van der Waals surface area contributed by atoms with Crippen LogP contribution in [0.25, 0.3) is 0 Å². The molecule has 56 heavy (non-hydrogen) atoms. The normalized spacial score (nSPS) is 10.6. The van der Waals surface area contributed by atoms with Gasteiger partial charge in [0.2, 0.25) is 0 Å². The molecular formula is C38H42Cl2N4O12. The molecule has 0 fully saturated rings. The number of ether oxygens (including phenoxy) is 6. The Kier molecular flexibility index (Phi) is 16.9. The minimum Gasteiger partial charge on any atom is -0.464 e. The lowest BCUT2D eigenvalue weighted by atomic mass is 10.1. The number of carbonyl (C=O) groups is 6. The molecule has 0 saturated carbocycles. The van der Waals surface area contributed by atoms with Crippen LogP contribution in [0, 0.1) is 13.8 Å². The lowest BCUT2D eigenvalue weighted by molar-refractivity contribution is 0.0499. The summed E-state index contributed by atoms with van der Waals surface area (Å²) in [6.07, 6.45) is 0. The second-order valence-electron chi connectivity index (χ2n) is 11.7. The molecule has 0 atom stereocenters. The highest BCUT2D eigenvalue weighted by molar-refractivity contribution is 6.32. The topological polar surface area (TPSA) is 193 Å². The van der Waals surface area contributed by atoms with Crippen molar-refractivity contribution in [3.05, 3.63) is 103 Å². The Morgan fingerprint density at radius 3 is 1.36 bits per heavy atom. The fourth-order valence-electron chi connectivity index (χ4n) is 5.15. The second kappa shape index (κ2) is 21.0. The summed E-state index contributed by atoms with van der Waals surface area (Å²) in [6, 6.07) is 9.80. The van der Waals surface area contributed by atoms with E-state index in [4.69, 9.17) is 51.6 Å². The summed E-state index contributed by atoms with van der Waals surface area (Å²) >= 11 is 12.2. The first-order valence-corrected chi connectivity index (χ1v) is 17.7. The summed E-state index contributed by atoms with van der Waals surface area (Å²) in [5.41, 5.74) is 2.49. The lowest BCUT2D eigenvalue weighted by Gasteiger charge is -2.09. The molecular weight excluding hydrogens is 775 g/mol. The zero-order valence-corrected chi connectivity index (χ0v) is 33.7. The van der Waals surface area contributed by atoms with Crippen molar-refractivity contribution in [3.63, 3.8) is 0 Å². The van der Waals surface area contributed by atoms with E-state index >= 15 is 0 Å². The van der Waals surface area contributed by atoms with Crippen LogP contribution in [0.15, 0.2) is 36.4 Å². The van der Waals surface area contributed by atoms with E-state index in [2.05, 4.69) is 10.2 Å². The van der Waals surface area contributed by atoms with Gasteiger partial charge in [0.05, 0.1) is 40.6 Å². The van der Waals surface area contributed by atoms with E-state index in [9.17, 15) is 28.8 Å². The van der Waals surface area contributed by atoms with Crippen molar-refractivity contribution in [1.29, 1.82) is 0 Å². The van der Waals surface area contributed by atoms with Gasteiger partial charge >= 0.3 is 23.9 Å². The summed E-state index contributed by atoms with van der Waals surface area (Å²) in [5, 5.41) is 9.15. The van der Waals surface area contributed by atoms with Gasteiger partial charge in [0.25, 0.3) is 0 Å². The van der Waals surface area contributed by atoms with Crippen molar-refractivity contribution < 1.29 is 57.2 Å². The molecule has 0 radical (unpaired) electrons. The Hall–Kier alpha value is -5.42. The Morgan fingerprint density at radius 2 is 0.982 bits per heavy atom. The standard InChI is InChI=1S/2C19H21ClN2O6/c1-5-28-18(24)16-13(10-26-3)17(19(25)27-4)22(21-16)9-15(23)12-7-6-11(2)14(20)8-12;1-5-28-19(25)17-13(10-26-3)16(18(24)27-4)21-22(17)9-15(23)12-7-6-11(2)14(20)8-12/h2*6-8H,5,9-10H2,1-4H3. The van der Waals surface area contributed by atoms with Crippen LogP contribution in [0.2, 0.25) is 10.0 Å². The molecule has 0 aliphatic heterocycles. The van der Waals surface area contributed by atoms with Gasteiger partial charge in [0, 0.05) is 46.5 Å². The average Bonchev–Trinajstić information content (AvgIpc) is 3.71. The molecule has 2 aromatic carbocycles. The number of aryl methyl sites for hydroxylation is 2. The van der Waals surface area contributed by atoms with E-state index in [0.717, 1.165) is 20.5 Å². The van der Waals surface area contributed by atoms with Gasteiger partial charge < -0.3 is 28.4 Å². The molecule has 2 heterocycles. The fraction of sp³-hybridized carbons (Fsp3) is 0.368. The summed E-state index contributed by atoms with van der Waals surface area (Å²) in [7, 11) is 5.21. The maximum atomic E-state index is 12.7. The maximum absolute atomic E-state index is 12.7. The molecule has 0 aliphatic carbocycles. The van der Waals surface area contributed by atoms with Gasteiger partial charge in [-0.15, -0.1) is 0 Å². The molecule has 0 spiro atoms. The molecule has 2 aromatic heterocycles. The molecule has 4 rings (SSSR count). The van der Waals surface area contributed by atoms with E-state index < -0.39 is 23.9 Å². The van der Waals surface area contributed by atoms with Crippen LogP contribution < -0.4 is 0 Å². The van der Waals surface area contributed by atoms with Gasteiger partial charge in [-0.05, 0) is 51.0 Å². The second-order valence-corrected chi connectivity index (χ2v) is 12.5. The van der Waals surface area contributed by atoms with Crippen LogP contribution >= 0.6 is 23.2 Å². The Bertz CT molecular complexity index is 2100. The average molecular weight is 818 g/mol. The highest BCUT2D eigenvalue weighted by atomic mass is 35.5. The minimum atomic E-state index is -0.748. The van der Waals surface area contributed by atoms with E-state index in [-0.39, 0.29) is 85.0 Å². The van der Waals surface area contributed by atoms with Crippen molar-refractivity contribution in [2.45, 2.75) is 54.0 Å². The maximum Gasteiger partial charge on any atom is 0.359 e. The number of ketones is 2. The number of Topliss-reactive ketones (excluding diaryl/α,β-unsaturated/α-hetero) is 2. The van der Waals surface area contributed by atoms with Gasteiger partial charge in [-0.1, -0.05) is 47.5 Å². The molecule has 16 nitrogen and oxygen atoms in total. The van der Waals surface area contributed by atoms with Crippen molar-refractivity contribution in [1.82, 2.24) is 19.6 Å². The smallest absolute Gasteiger partial charge is 0.359 e. The minimum absolute atomic E-state index is 0.0318. The van der Waals surface area contributed by atoms with Crippen molar-refractivity contribution in [2.24, 2.45) is 0 Å². The van der Waals surface area contributed by atoms with Crippen LogP contribution in [0.4, 0.5) is 0 Å². The van der Waals surface area contributed by atoms with Crippen molar-refractivity contribution in [2.75, 3.05) is 41.7 Å². The van der Waals surface area contributed by atoms with E-state index in [1.807, 2.05) is 13.8 Å². The monoisotopic (exact) mass is 816 g/mol. The third-order valence-electron chi connectivity index (χ3n) is 7.95. The lowest BCUT2D eigenvalue weighted by Crippen LogP contribution is -2.19. The fourth-order valence-corrected chi connectivity index (χ4v) is 5.51. The molecule has 0 aliphatic rings. The SMILES string of the molecule is CCOC(=O)c1c(COC)c(C(=O)OC)nn1CC(=O)c1ccc(C)c(Cl)c1.CCOC(=O)c1nn(CC(=O)c2ccc(C)c(Cl)c2)c(C(=O)OC)c1COC. The number of rotatable bonds is 16. The van der Waals surface area contributed by atoms with Gasteiger partial charge in [-0.3, -0.25) is 9.59 Å². The van der Waals surface area contributed by atoms with Crippen molar-refractivity contribution in [3.8, 4) is 0 Å². The van der Waals surface area contributed by atoms with E-state index in [1.54, 1.807) is 50.2 Å². The molecule has 4 aromatic rings. The summed E-state index contributed by atoms with van der Waals surface area (Å²) in [6.45, 7) is 6.45. The largest absolute Gasteiger partial charge is 0.464 e. The first kappa shape index (κ1) is 45.0. The van der Waals surface area contributed by atoms with Gasteiger partial charge in [-0.2, -0.15) is 10.2 Å². The third-order valence-corrected chi connectivity index (χ3v) is 8.76. The zero-order valence-electron chi connectivity index (χ0n) is 32.2. The van der Waals surface area contributed by atoms with Gasteiger partial charge in [0.1, 0.15) is 13.1 Å². The zero-order chi connectivity index (χ0) is 41.7. The quantitative estimate of drug-likeness (QED) is 0.0762. The summed E-state index contributed by atoms with van der Waals surface area (Å²) < 4.78 is 32.0. The third kappa shape index (κ3) is 10.9. The predicted molar refractivity (Wildman–Crippen MR) is 202 cm³/mol. The Morgan fingerprint density at radius 1 is 0.589 bits per heavy atom. The number of halogens is 2. The number of benzene rings is 2. The molecule has 0 N–H and O–H groups in total. The summed E-state index contributed by atoms with van der Waals surface area (Å²) in [4.78, 5) is 74.5. The van der Waals surface area contributed by atoms with Crippen LogP contribution in [0.1, 0.15) is 98.8 Å². The first-order chi connectivity index (χ1) is 26.7. The number of nitrogens with zero attached hydrogens (tertiary/aromatic N) is 4. The predicted octanol–water partition coefficient (Wildman–Crippen LogP) is 5.68. The number of aromatic nitrogens is 4. The first-order valence-electron chi connectivity index (χ1n) is 16.9. The number of hydrogen-bond donors (Lipinski definition) is 0. The van der Waals surface area contributed by atoms with Gasteiger partial charge in [0.15, 0.2) is 34.3 Å². The molecule has 0 bridgehead atoms. The Labute approximate surface area is 332 Å². The molecule has 0 amide bonds. The molecule has 0 unspecified atom stereocenters. The number of esters is 4. The van der Waals surface area contributed by atoms with Crippen LogP contribution in [-0.2, 0) is 54.7 Å². The Balaban J connectivity index is 0.000000300. The van der Waals surface area contributed by atoms with Crippen LogP contribution in [0.3, 0.4) is 0 Å². The van der Waals surface area contributed by atoms with E-state index in [1.165, 1.54) is 28.4 Å². The molecule has 18 heteroatoms. The van der Waals surface area contributed by atoms with Gasteiger partial charge in [-0.25, -0.2) is 28.5 Å². The molecule has 300 valence electrons. The highest BCUT2D eigenvalue weighted by Gasteiger charge is 2.31. The summed E-state index contributed by atoms with van der Waals surface area (Å²) in [5.74, 6) is -3.60. The van der Waals surface area contributed by atoms with Crippen LogP contribution in [0.5, 0.6) is 0 Å². The van der Waals surface area contributed by atoms with Crippen LogP contribution in [-0.4, -0.2) is 96.7 Å².